The number of carbonyl (C=O) groups excluding carboxylic acids is 7. The Hall–Kier alpha value is -4.55. The monoisotopic (exact) mass is 960 g/mol. The summed E-state index contributed by atoms with van der Waals surface area (Å²) >= 11 is 0. The molecule has 0 aromatic rings. The lowest BCUT2D eigenvalue weighted by molar-refractivity contribution is -0.178. The summed E-state index contributed by atoms with van der Waals surface area (Å²) in [5.74, 6) is -2.01. The number of aliphatic hydroxyl groups excluding tert-OH is 1. The van der Waals surface area contributed by atoms with E-state index >= 15 is 0 Å². The van der Waals surface area contributed by atoms with E-state index in [0.717, 1.165) is 39.1 Å². The Bertz CT molecular complexity index is 1590. The molecule has 0 aliphatic carbocycles. The molecule has 0 spiro atoms. The third-order valence-electron chi connectivity index (χ3n) is 11.3. The van der Waals surface area contributed by atoms with E-state index in [0.29, 0.717) is 31.6 Å². The van der Waals surface area contributed by atoms with Gasteiger partial charge in [0.1, 0.15) is 58.5 Å². The van der Waals surface area contributed by atoms with Crippen LogP contribution in [0.4, 0.5) is 4.79 Å². The van der Waals surface area contributed by atoms with Crippen LogP contribution in [0.1, 0.15) is 136 Å². The summed E-state index contributed by atoms with van der Waals surface area (Å²) in [6.45, 7) is 37.3. The van der Waals surface area contributed by atoms with E-state index in [1.54, 1.807) is 27.7 Å². The number of ether oxygens (including phenoxy) is 9. The van der Waals surface area contributed by atoms with Crippen LogP contribution in [0, 0.1) is 27.1 Å². The Balaban J connectivity index is 0. The first kappa shape index (κ1) is 64.5. The molecule has 67 heavy (non-hydrogen) atoms. The number of nitrogens with one attached hydrogen (secondary N) is 1. The van der Waals surface area contributed by atoms with E-state index in [9.17, 15) is 38.7 Å². The molecule has 0 bridgehead atoms. The molecule has 0 saturated carbocycles. The van der Waals surface area contributed by atoms with Crippen LogP contribution in [-0.2, 0) is 71.4 Å². The third kappa shape index (κ3) is 27.8. The first-order chi connectivity index (χ1) is 30.9. The quantitative estimate of drug-likeness (QED) is 0.0307. The number of hydrogen-bond donors (Lipinski definition) is 2. The van der Waals surface area contributed by atoms with Gasteiger partial charge in [-0.3, -0.25) is 19.2 Å². The molecule has 2 N–H and O–H groups in total. The van der Waals surface area contributed by atoms with E-state index in [1.165, 1.54) is 13.8 Å². The number of hydrogen-bond acceptors (Lipinski definition) is 17. The zero-order valence-electron chi connectivity index (χ0n) is 43.4. The minimum atomic E-state index is -1.02. The number of aliphatic hydroxyl groups is 1. The van der Waals surface area contributed by atoms with Gasteiger partial charge in [0.25, 0.3) is 0 Å². The van der Waals surface area contributed by atoms with Gasteiger partial charge in [-0.25, -0.2) is 14.4 Å². The number of esters is 6. The summed E-state index contributed by atoms with van der Waals surface area (Å²) in [7, 11) is 0. The SMILES string of the molecule is C=C(C)C(=O)OCC(O)COC(=O)C(C)(C)CC.C=C(C)C(=O)OCCNC(=O)OCCOC(=O)C(C)(C)CC.CCC(C)(C)C(=O)OCC1CO1.CCC1(COC(=O)C(C)(C)CC)COC1. The number of carbonyl (C=O) groups is 7. The van der Waals surface area contributed by atoms with Gasteiger partial charge < -0.3 is 53.1 Å². The molecular weight excluding hydrogens is 875 g/mol. The van der Waals surface area contributed by atoms with Gasteiger partial charge in [-0.05, 0) is 101 Å². The van der Waals surface area contributed by atoms with Gasteiger partial charge in [0.15, 0.2) is 0 Å². The van der Waals surface area contributed by atoms with E-state index in [-0.39, 0.29) is 91.4 Å². The molecule has 0 aromatic carbocycles. The lowest BCUT2D eigenvalue weighted by Crippen LogP contribution is -2.47. The molecule has 2 atom stereocenters. The van der Waals surface area contributed by atoms with Crippen molar-refractivity contribution in [2.45, 2.75) is 148 Å². The summed E-state index contributed by atoms with van der Waals surface area (Å²) in [6, 6.07) is 0. The fraction of sp³-hybridized carbons (Fsp3) is 0.776. The fourth-order valence-corrected chi connectivity index (χ4v) is 3.95. The van der Waals surface area contributed by atoms with Crippen molar-refractivity contribution in [3.63, 3.8) is 0 Å². The molecule has 0 radical (unpaired) electrons. The largest absolute Gasteiger partial charge is 0.465 e. The molecule has 388 valence electrons. The van der Waals surface area contributed by atoms with Crippen LogP contribution in [0.5, 0.6) is 0 Å². The van der Waals surface area contributed by atoms with Crippen molar-refractivity contribution in [1.82, 2.24) is 5.32 Å². The minimum Gasteiger partial charge on any atom is -0.465 e. The predicted octanol–water partition coefficient (Wildman–Crippen LogP) is 7.01. The standard InChI is InChI=1S/C15H25NO6.C13H22O5.C12H22O3.C9H16O3/c1-6-15(4,5)13(18)21-9-10-22-14(19)16-7-8-20-12(17)11(2)3;1-6-13(4,5)12(16)18-8-10(14)7-17-11(15)9(2)3;1-5-11(3,4)10(13)15-9-12(6-2)7-14-8-12;1-4-9(2,3)8(10)12-6-7-5-11-7/h2,6-10H2,1,3-5H3,(H,16,19);10,14H,2,6-8H2,1,3-5H3;5-9H2,1-4H3;7H,4-6H2,1-3H3. The topological polar surface area (TPSA) is 238 Å². The average molecular weight is 960 g/mol. The van der Waals surface area contributed by atoms with Crippen LogP contribution < -0.4 is 5.32 Å². The fourth-order valence-electron chi connectivity index (χ4n) is 3.95. The van der Waals surface area contributed by atoms with E-state index in [4.69, 9.17) is 42.6 Å². The number of alkyl carbamates (subject to hydrolysis) is 1. The highest BCUT2D eigenvalue weighted by Crippen LogP contribution is 2.33. The van der Waals surface area contributed by atoms with Gasteiger partial charge in [-0.2, -0.15) is 0 Å². The summed E-state index contributed by atoms with van der Waals surface area (Å²) in [6.07, 6.45) is 2.40. The van der Waals surface area contributed by atoms with Crippen LogP contribution >= 0.6 is 0 Å². The van der Waals surface area contributed by atoms with Crippen LogP contribution in [0.3, 0.4) is 0 Å². The second kappa shape index (κ2) is 31.5. The van der Waals surface area contributed by atoms with Crippen molar-refractivity contribution in [2.75, 3.05) is 72.6 Å². The van der Waals surface area contributed by atoms with Crippen molar-refractivity contribution < 1.29 is 81.3 Å². The Labute approximate surface area is 399 Å². The van der Waals surface area contributed by atoms with Crippen LogP contribution in [0.25, 0.3) is 0 Å². The van der Waals surface area contributed by atoms with E-state index < -0.39 is 35.0 Å². The van der Waals surface area contributed by atoms with Crippen molar-refractivity contribution in [2.24, 2.45) is 27.1 Å². The maximum absolute atomic E-state index is 11.7. The number of epoxide rings is 1. The summed E-state index contributed by atoms with van der Waals surface area (Å²) in [4.78, 5) is 79.7. The molecule has 0 aromatic heterocycles. The minimum absolute atomic E-state index is 0.000325. The normalized spacial score (nSPS) is 15.2. The zero-order valence-corrected chi connectivity index (χ0v) is 43.4. The van der Waals surface area contributed by atoms with Crippen molar-refractivity contribution in [3.8, 4) is 0 Å². The summed E-state index contributed by atoms with van der Waals surface area (Å²) in [5, 5.41) is 11.9. The van der Waals surface area contributed by atoms with Crippen molar-refractivity contribution >= 4 is 41.9 Å². The predicted molar refractivity (Wildman–Crippen MR) is 250 cm³/mol. The molecule has 2 rings (SSSR count). The van der Waals surface area contributed by atoms with E-state index in [2.05, 4.69) is 25.4 Å². The molecule has 2 aliphatic rings. The molecule has 2 unspecified atom stereocenters. The van der Waals surface area contributed by atoms with Gasteiger partial charge in [0.05, 0.1) is 53.4 Å². The van der Waals surface area contributed by atoms with Gasteiger partial charge in [0, 0.05) is 11.1 Å². The first-order valence-corrected chi connectivity index (χ1v) is 23.0. The second-order valence-electron chi connectivity index (χ2n) is 19.2. The Morgan fingerprint density at radius 2 is 1.01 bits per heavy atom. The highest BCUT2D eigenvalue weighted by Gasteiger charge is 2.40. The Kier molecular flexibility index (Phi) is 30.3. The molecule has 2 aliphatic heterocycles. The highest BCUT2D eigenvalue weighted by atomic mass is 16.6. The molecule has 18 heteroatoms. The Morgan fingerprint density at radius 1 is 0.612 bits per heavy atom. The first-order valence-electron chi connectivity index (χ1n) is 23.0. The van der Waals surface area contributed by atoms with Gasteiger partial charge in [-0.1, -0.05) is 47.8 Å². The highest BCUT2D eigenvalue weighted by molar-refractivity contribution is 5.87. The lowest BCUT2D eigenvalue weighted by atomic mass is 9.84. The molecule has 2 fully saturated rings. The lowest BCUT2D eigenvalue weighted by Gasteiger charge is -2.40. The molecular formula is C49H85NO17. The smallest absolute Gasteiger partial charge is 0.407 e. The summed E-state index contributed by atoms with van der Waals surface area (Å²) in [5.41, 5.74) is -1.19. The average Bonchev–Trinajstić information content (AvgIpc) is 4.11. The van der Waals surface area contributed by atoms with Crippen LogP contribution in [0.2, 0.25) is 0 Å². The second-order valence-corrected chi connectivity index (χ2v) is 19.2. The maximum Gasteiger partial charge on any atom is 0.407 e. The summed E-state index contributed by atoms with van der Waals surface area (Å²) < 4.78 is 44.8. The maximum atomic E-state index is 11.7. The number of rotatable bonds is 25. The Morgan fingerprint density at radius 3 is 1.42 bits per heavy atom. The number of amides is 1. The third-order valence-corrected chi connectivity index (χ3v) is 11.3. The van der Waals surface area contributed by atoms with E-state index in [1.807, 2.05) is 55.4 Å². The molecule has 18 nitrogen and oxygen atoms in total. The van der Waals surface area contributed by atoms with Crippen molar-refractivity contribution in [3.05, 3.63) is 24.3 Å². The van der Waals surface area contributed by atoms with Crippen LogP contribution in [0.15, 0.2) is 24.3 Å². The van der Waals surface area contributed by atoms with Gasteiger partial charge in [-0.15, -0.1) is 0 Å². The zero-order chi connectivity index (χ0) is 52.2. The van der Waals surface area contributed by atoms with Gasteiger partial charge >= 0.3 is 41.9 Å². The molecule has 1 amide bonds. The van der Waals surface area contributed by atoms with Crippen molar-refractivity contribution in [1.29, 1.82) is 0 Å². The molecule has 2 saturated heterocycles. The molecule has 2 heterocycles. The van der Waals surface area contributed by atoms with Gasteiger partial charge in [0.2, 0.25) is 0 Å². The van der Waals surface area contributed by atoms with Crippen LogP contribution in [-0.4, -0.2) is 132 Å².